The summed E-state index contributed by atoms with van der Waals surface area (Å²) < 4.78 is 0.326. The molecule has 94 valence electrons. The van der Waals surface area contributed by atoms with Crippen molar-refractivity contribution >= 4 is 28.3 Å². The van der Waals surface area contributed by atoms with Gasteiger partial charge in [0.2, 0.25) is 0 Å². The van der Waals surface area contributed by atoms with Crippen LogP contribution in [0, 0.1) is 13.8 Å². The molecule has 1 aliphatic carbocycles. The van der Waals surface area contributed by atoms with E-state index in [1.54, 1.807) is 0 Å². The molecule has 1 nitrogen and oxygen atoms in total. The first kappa shape index (κ1) is 13.2. The number of hydrogen-bond donors (Lipinski definition) is 0. The fourth-order valence-electron chi connectivity index (χ4n) is 2.96. The predicted molar refractivity (Wildman–Crippen MR) is 84.2 cm³/mol. The van der Waals surface area contributed by atoms with Crippen LogP contribution in [0.4, 0.5) is 5.69 Å². The van der Waals surface area contributed by atoms with Gasteiger partial charge in [-0.15, -0.1) is 0 Å². The topological polar surface area (TPSA) is 3.24 Å². The Bertz CT molecular complexity index is 374. The molecule has 1 aliphatic rings. The van der Waals surface area contributed by atoms with Gasteiger partial charge in [0.05, 0.1) is 3.55 Å². The van der Waals surface area contributed by atoms with Crippen molar-refractivity contribution in [3.8, 4) is 0 Å². The van der Waals surface area contributed by atoms with Gasteiger partial charge in [0.1, 0.15) is 0 Å². The lowest BCUT2D eigenvalue weighted by atomic mass is 9.93. The van der Waals surface area contributed by atoms with Crippen LogP contribution in [-0.4, -0.2) is 10.6 Å². The number of anilines is 1. The second kappa shape index (κ2) is 5.17. The molecule has 1 fully saturated rings. The van der Waals surface area contributed by atoms with Crippen LogP contribution >= 0.6 is 22.6 Å². The Hall–Kier alpha value is -0.250. The molecule has 0 spiro atoms. The summed E-state index contributed by atoms with van der Waals surface area (Å²) >= 11 is 2.68. The van der Waals surface area contributed by atoms with Gasteiger partial charge in [0, 0.05) is 12.7 Å². The van der Waals surface area contributed by atoms with Crippen molar-refractivity contribution in [3.63, 3.8) is 0 Å². The number of alkyl halides is 1. The van der Waals surface area contributed by atoms with Crippen molar-refractivity contribution in [1.29, 1.82) is 0 Å². The number of rotatable bonds is 2. The summed E-state index contributed by atoms with van der Waals surface area (Å²) in [6.45, 7) is 4.45. The molecule has 0 saturated heterocycles. The number of nitrogens with zero attached hydrogens (tertiary/aromatic N) is 1. The SMILES string of the molecule is Cc1cccc(C)c1N(C)C1(I)CCCCC1. The third-order valence-electron chi connectivity index (χ3n) is 4.00. The summed E-state index contributed by atoms with van der Waals surface area (Å²) in [6.07, 6.45) is 6.79. The Morgan fingerprint density at radius 3 is 2.12 bits per heavy atom. The quantitative estimate of drug-likeness (QED) is 0.422. The first-order valence-corrected chi connectivity index (χ1v) is 7.61. The molecule has 1 aromatic carbocycles. The molecule has 0 heterocycles. The Morgan fingerprint density at radius 2 is 1.59 bits per heavy atom. The van der Waals surface area contributed by atoms with E-state index in [9.17, 15) is 0 Å². The van der Waals surface area contributed by atoms with E-state index >= 15 is 0 Å². The fraction of sp³-hybridized carbons (Fsp3) is 0.600. The minimum atomic E-state index is 0.326. The normalized spacial score (nSPS) is 19.1. The second-order valence-corrected chi connectivity index (χ2v) is 7.29. The van der Waals surface area contributed by atoms with Gasteiger partial charge in [-0.25, -0.2) is 0 Å². The number of aryl methyl sites for hydroxylation is 2. The Balaban J connectivity index is 2.32. The van der Waals surface area contributed by atoms with Gasteiger partial charge in [-0.05, 0) is 37.8 Å². The van der Waals surface area contributed by atoms with Gasteiger partial charge >= 0.3 is 0 Å². The lowest BCUT2D eigenvalue weighted by molar-refractivity contribution is 0.410. The van der Waals surface area contributed by atoms with Crippen LogP contribution in [0.2, 0.25) is 0 Å². The number of halogens is 1. The molecule has 0 amide bonds. The monoisotopic (exact) mass is 343 g/mol. The van der Waals surface area contributed by atoms with Crippen LogP contribution in [0.5, 0.6) is 0 Å². The Labute approximate surface area is 119 Å². The molecule has 2 rings (SSSR count). The predicted octanol–water partition coefficient (Wildman–Crippen LogP) is 4.84. The number of benzene rings is 1. The third kappa shape index (κ3) is 2.61. The maximum Gasteiger partial charge on any atom is 0.0914 e. The zero-order valence-electron chi connectivity index (χ0n) is 11.1. The Morgan fingerprint density at radius 1 is 1.06 bits per heavy atom. The van der Waals surface area contributed by atoms with Crippen molar-refractivity contribution in [2.45, 2.75) is 49.5 Å². The first-order valence-electron chi connectivity index (χ1n) is 6.53. The molecule has 1 aromatic rings. The zero-order chi connectivity index (χ0) is 12.5. The van der Waals surface area contributed by atoms with E-state index in [4.69, 9.17) is 0 Å². The molecule has 0 bridgehead atoms. The minimum absolute atomic E-state index is 0.326. The van der Waals surface area contributed by atoms with E-state index < -0.39 is 0 Å². The average Bonchev–Trinajstić information content (AvgIpc) is 2.29. The number of hydrogen-bond acceptors (Lipinski definition) is 1. The third-order valence-corrected chi connectivity index (χ3v) is 5.80. The van der Waals surface area contributed by atoms with Crippen LogP contribution in [0.1, 0.15) is 43.2 Å². The molecule has 0 aliphatic heterocycles. The summed E-state index contributed by atoms with van der Waals surface area (Å²) in [7, 11) is 2.27. The van der Waals surface area contributed by atoms with Gasteiger partial charge in [0.25, 0.3) is 0 Å². The van der Waals surface area contributed by atoms with Gasteiger partial charge in [-0.2, -0.15) is 0 Å². The molecule has 0 radical (unpaired) electrons. The lowest BCUT2D eigenvalue weighted by Gasteiger charge is -2.42. The summed E-state index contributed by atoms with van der Waals surface area (Å²) in [5, 5.41) is 0. The van der Waals surface area contributed by atoms with E-state index in [-0.39, 0.29) is 0 Å². The van der Waals surface area contributed by atoms with Crippen LogP contribution in [0.25, 0.3) is 0 Å². The largest absolute Gasteiger partial charge is 0.360 e. The van der Waals surface area contributed by atoms with Crippen LogP contribution < -0.4 is 4.90 Å². The van der Waals surface area contributed by atoms with E-state index in [1.165, 1.54) is 48.9 Å². The lowest BCUT2D eigenvalue weighted by Crippen LogP contribution is -2.43. The zero-order valence-corrected chi connectivity index (χ0v) is 13.3. The molecular formula is C15H22IN. The van der Waals surface area contributed by atoms with E-state index in [2.05, 4.69) is 66.6 Å². The highest BCUT2D eigenvalue weighted by molar-refractivity contribution is 14.1. The standard InChI is InChI=1S/C15H22IN/c1-12-8-7-9-13(2)14(12)17(3)15(16)10-5-4-6-11-15/h7-9H,4-6,10-11H2,1-3H3. The second-order valence-electron chi connectivity index (χ2n) is 5.28. The van der Waals surface area contributed by atoms with Gasteiger partial charge in [0.15, 0.2) is 0 Å². The van der Waals surface area contributed by atoms with E-state index in [0.29, 0.717) is 3.55 Å². The maximum absolute atomic E-state index is 2.68. The fourth-order valence-corrected chi connectivity index (χ4v) is 3.97. The maximum atomic E-state index is 2.68. The highest BCUT2D eigenvalue weighted by Crippen LogP contribution is 2.42. The number of para-hydroxylation sites is 1. The first-order chi connectivity index (χ1) is 8.04. The van der Waals surface area contributed by atoms with Crippen LogP contribution in [0.15, 0.2) is 18.2 Å². The molecule has 1 saturated carbocycles. The van der Waals surface area contributed by atoms with Crippen LogP contribution in [0.3, 0.4) is 0 Å². The Kier molecular flexibility index (Phi) is 4.01. The van der Waals surface area contributed by atoms with Crippen molar-refractivity contribution in [2.24, 2.45) is 0 Å². The molecule has 0 atom stereocenters. The van der Waals surface area contributed by atoms with Crippen molar-refractivity contribution in [1.82, 2.24) is 0 Å². The molecule has 17 heavy (non-hydrogen) atoms. The van der Waals surface area contributed by atoms with E-state index in [0.717, 1.165) is 0 Å². The summed E-state index contributed by atoms with van der Waals surface area (Å²) in [5.41, 5.74) is 4.23. The van der Waals surface area contributed by atoms with Crippen molar-refractivity contribution < 1.29 is 0 Å². The molecule has 0 aromatic heterocycles. The molecule has 2 heteroatoms. The highest BCUT2D eigenvalue weighted by Gasteiger charge is 2.34. The molecule has 0 N–H and O–H groups in total. The summed E-state index contributed by atoms with van der Waals surface area (Å²) in [6, 6.07) is 6.60. The van der Waals surface area contributed by atoms with Gasteiger partial charge in [-0.1, -0.05) is 60.1 Å². The van der Waals surface area contributed by atoms with Crippen LogP contribution in [-0.2, 0) is 0 Å². The molecular weight excluding hydrogens is 321 g/mol. The van der Waals surface area contributed by atoms with Crippen molar-refractivity contribution in [3.05, 3.63) is 29.3 Å². The highest BCUT2D eigenvalue weighted by atomic mass is 127. The van der Waals surface area contributed by atoms with Gasteiger partial charge in [-0.3, -0.25) is 0 Å². The van der Waals surface area contributed by atoms with Crippen molar-refractivity contribution in [2.75, 3.05) is 11.9 Å². The smallest absolute Gasteiger partial charge is 0.0914 e. The summed E-state index contributed by atoms with van der Waals surface area (Å²) in [4.78, 5) is 2.53. The van der Waals surface area contributed by atoms with Gasteiger partial charge < -0.3 is 4.90 Å². The van der Waals surface area contributed by atoms with E-state index in [1.807, 2.05) is 0 Å². The average molecular weight is 343 g/mol. The summed E-state index contributed by atoms with van der Waals surface area (Å²) in [5.74, 6) is 0. The minimum Gasteiger partial charge on any atom is -0.360 e. The molecule has 0 unspecified atom stereocenters.